The molecule has 15 rings (SSSR count). The zero-order valence-electron chi connectivity index (χ0n) is 43.3. The van der Waals surface area contributed by atoms with Gasteiger partial charge in [0.1, 0.15) is 0 Å². The van der Waals surface area contributed by atoms with E-state index in [2.05, 4.69) is 230 Å². The summed E-state index contributed by atoms with van der Waals surface area (Å²) >= 11 is 0. The Morgan fingerprint density at radius 2 is 0.959 bits per heavy atom. The Bertz CT molecular complexity index is 3970. The first-order valence-electron chi connectivity index (χ1n) is 27.5. The van der Waals surface area contributed by atoms with Gasteiger partial charge >= 0.3 is 0 Å². The van der Waals surface area contributed by atoms with Crippen LogP contribution in [0.4, 0.5) is 0 Å². The summed E-state index contributed by atoms with van der Waals surface area (Å²) in [6, 6.07) is 42.9. The van der Waals surface area contributed by atoms with Crippen LogP contribution in [0.15, 0.2) is 210 Å². The highest BCUT2D eigenvalue weighted by Gasteiger charge is 2.47. The molecule has 0 spiro atoms. The number of fused-ring (bicyclic) bond motifs is 11. The fraction of sp³-hybridized carbons (Fsp3) is 0.260. The van der Waals surface area contributed by atoms with E-state index in [1.165, 1.54) is 116 Å². The van der Waals surface area contributed by atoms with Gasteiger partial charge in [-0.05, 0) is 182 Å². The van der Waals surface area contributed by atoms with E-state index in [1.807, 2.05) is 0 Å². The first kappa shape index (κ1) is 43.6. The van der Waals surface area contributed by atoms with Crippen molar-refractivity contribution in [3.63, 3.8) is 0 Å². The van der Waals surface area contributed by atoms with Crippen molar-refractivity contribution in [2.75, 3.05) is 0 Å². The van der Waals surface area contributed by atoms with Gasteiger partial charge in [0.05, 0.1) is 0 Å². The molecule has 0 saturated carbocycles. The number of rotatable bonds is 4. The van der Waals surface area contributed by atoms with E-state index in [1.54, 1.807) is 11.1 Å². The van der Waals surface area contributed by atoms with Crippen molar-refractivity contribution >= 4 is 39.0 Å². The molecule has 356 valence electrons. The molecule has 0 aliphatic heterocycles. The van der Waals surface area contributed by atoms with E-state index >= 15 is 0 Å². The molecule has 5 aromatic carbocycles. The molecule has 5 aromatic rings. The molecule has 0 bridgehead atoms. The average Bonchev–Trinajstić information content (AvgIpc) is 3.91. The van der Waals surface area contributed by atoms with Crippen LogP contribution in [0.1, 0.15) is 107 Å². The van der Waals surface area contributed by atoms with Crippen LogP contribution in [0.5, 0.6) is 0 Å². The lowest BCUT2D eigenvalue weighted by atomic mass is 9.62. The van der Waals surface area contributed by atoms with Crippen molar-refractivity contribution in [2.45, 2.75) is 89.9 Å². The molecule has 0 radical (unpaired) electrons. The quantitative estimate of drug-likeness (QED) is 0.168. The van der Waals surface area contributed by atoms with E-state index < -0.39 is 0 Å². The fourth-order valence-corrected chi connectivity index (χ4v) is 16.3. The van der Waals surface area contributed by atoms with Crippen molar-refractivity contribution in [2.24, 2.45) is 29.6 Å². The van der Waals surface area contributed by atoms with Crippen LogP contribution in [0, 0.1) is 29.6 Å². The predicted molar refractivity (Wildman–Crippen MR) is 307 cm³/mol. The van der Waals surface area contributed by atoms with Crippen LogP contribution in [0.3, 0.4) is 0 Å². The molecule has 5 atom stereocenters. The SMILES string of the molecule is CC1(C)C2=C(CCC=C2)c2ccc(-c3ccc4c(c3)C(C)(C)C3CC(C5=c6ccccc6=C(C6=c7ccccc7=C(C7=CC8=C(CC7)c7ccccc7C8(C)C)C7C=CC=CC67)C6C=CC=CC56)=CC=C43)cc21. The summed E-state index contributed by atoms with van der Waals surface area (Å²) in [4.78, 5) is 0. The Morgan fingerprint density at radius 1 is 0.438 bits per heavy atom. The zero-order chi connectivity index (χ0) is 49.1. The maximum absolute atomic E-state index is 2.63. The number of benzene rings is 5. The van der Waals surface area contributed by atoms with Crippen LogP contribution in [-0.4, -0.2) is 0 Å². The van der Waals surface area contributed by atoms with Gasteiger partial charge in [0, 0.05) is 34.5 Å². The van der Waals surface area contributed by atoms with Gasteiger partial charge in [-0.2, -0.15) is 0 Å². The molecule has 0 heteroatoms. The third kappa shape index (κ3) is 6.02. The van der Waals surface area contributed by atoms with Gasteiger partial charge in [-0.1, -0.05) is 218 Å². The van der Waals surface area contributed by atoms with E-state index in [0.717, 1.165) is 32.1 Å². The third-order valence-electron chi connectivity index (χ3n) is 19.8. The van der Waals surface area contributed by atoms with Crippen molar-refractivity contribution in [1.82, 2.24) is 0 Å². The summed E-state index contributed by atoms with van der Waals surface area (Å²) in [7, 11) is 0. The molecule has 73 heavy (non-hydrogen) atoms. The third-order valence-corrected chi connectivity index (χ3v) is 19.8. The molecule has 0 amide bonds. The van der Waals surface area contributed by atoms with Crippen LogP contribution in [0.25, 0.3) is 50.1 Å². The van der Waals surface area contributed by atoms with E-state index in [4.69, 9.17) is 0 Å². The maximum Gasteiger partial charge on any atom is 0.0155 e. The lowest BCUT2D eigenvalue weighted by Crippen LogP contribution is -2.46. The topological polar surface area (TPSA) is 0 Å². The number of hydrogen-bond acceptors (Lipinski definition) is 0. The highest BCUT2D eigenvalue weighted by atomic mass is 14.5. The second-order valence-electron chi connectivity index (χ2n) is 24.4. The largest absolute Gasteiger partial charge is 0.0839 e. The summed E-state index contributed by atoms with van der Waals surface area (Å²) in [6.07, 6.45) is 37.4. The first-order chi connectivity index (χ1) is 35.5. The molecule has 10 aliphatic carbocycles. The lowest BCUT2D eigenvalue weighted by molar-refractivity contribution is 0.409. The van der Waals surface area contributed by atoms with Gasteiger partial charge < -0.3 is 0 Å². The van der Waals surface area contributed by atoms with Crippen LogP contribution in [-0.2, 0) is 16.2 Å². The molecule has 0 aromatic heterocycles. The highest BCUT2D eigenvalue weighted by Crippen LogP contribution is 2.58. The van der Waals surface area contributed by atoms with Gasteiger partial charge in [0.15, 0.2) is 0 Å². The Balaban J connectivity index is 0.868. The van der Waals surface area contributed by atoms with Crippen molar-refractivity contribution in [3.05, 3.63) is 265 Å². The Hall–Kier alpha value is -7.02. The Labute approximate surface area is 432 Å². The first-order valence-corrected chi connectivity index (χ1v) is 27.5. The minimum Gasteiger partial charge on any atom is -0.0839 e. The number of allylic oxidation sites excluding steroid dienone is 20. The summed E-state index contributed by atoms with van der Waals surface area (Å²) in [6.45, 7) is 14.8. The Kier molecular flexibility index (Phi) is 9.25. The predicted octanol–water partition coefficient (Wildman–Crippen LogP) is 14.6. The van der Waals surface area contributed by atoms with Gasteiger partial charge in [-0.25, -0.2) is 0 Å². The summed E-state index contributed by atoms with van der Waals surface area (Å²) in [5.41, 5.74) is 28.2. The molecule has 0 saturated heterocycles. The normalized spacial score (nSPS) is 26.4. The summed E-state index contributed by atoms with van der Waals surface area (Å²) in [5, 5.41) is 5.65. The molecule has 0 fully saturated rings. The van der Waals surface area contributed by atoms with Gasteiger partial charge in [-0.3, -0.25) is 0 Å². The smallest absolute Gasteiger partial charge is 0.0155 e. The van der Waals surface area contributed by atoms with Crippen LogP contribution >= 0.6 is 0 Å². The standard InChI is InChI=1S/C73H64/c1-71(2)61-29-17-15-19-47(61)49-35-31-43(39-63(49)71)44-32-36-51-52-38-34-46(42-66(52)73(5,6)64(51)40-44)68-55-23-9-13-27-59(55)70(60-28-14-10-24-56(60)68)69-57-25-11-7-21-53(57)67(54-22-8-12-26-58(54)69)45-33-37-50-48-20-16-18-30-62(48)72(3,4)65(50)41-45/h7-14,16-18,20-32,34-36,38-41,53,55,57,59,66H,15,19,33,37,42H2,1-6H3. The fourth-order valence-electron chi connectivity index (χ4n) is 16.3. The van der Waals surface area contributed by atoms with Crippen LogP contribution in [0.2, 0.25) is 0 Å². The minimum absolute atomic E-state index is 0.0142. The Morgan fingerprint density at radius 3 is 1.62 bits per heavy atom. The van der Waals surface area contributed by atoms with E-state index in [0.29, 0.717) is 5.92 Å². The average molecular weight is 941 g/mol. The summed E-state index contributed by atoms with van der Waals surface area (Å²) in [5.74, 6) is 1.33. The van der Waals surface area contributed by atoms with Crippen molar-refractivity contribution in [3.8, 4) is 11.1 Å². The summed E-state index contributed by atoms with van der Waals surface area (Å²) < 4.78 is 0. The highest BCUT2D eigenvalue weighted by molar-refractivity contribution is 5.99. The monoisotopic (exact) mass is 941 g/mol. The second kappa shape index (κ2) is 15.5. The van der Waals surface area contributed by atoms with Gasteiger partial charge in [0.2, 0.25) is 0 Å². The maximum atomic E-state index is 2.63. The molecular formula is C73H64. The second-order valence-corrected chi connectivity index (χ2v) is 24.4. The van der Waals surface area contributed by atoms with Crippen LogP contribution < -0.4 is 20.9 Å². The van der Waals surface area contributed by atoms with Gasteiger partial charge in [-0.15, -0.1) is 0 Å². The van der Waals surface area contributed by atoms with Crippen molar-refractivity contribution in [1.29, 1.82) is 0 Å². The lowest BCUT2D eigenvalue weighted by Gasteiger charge is -2.41. The number of hydrogen-bond donors (Lipinski definition) is 0. The minimum atomic E-state index is -0.0268. The van der Waals surface area contributed by atoms with E-state index in [9.17, 15) is 0 Å². The molecular weight excluding hydrogens is 877 g/mol. The van der Waals surface area contributed by atoms with Crippen molar-refractivity contribution < 1.29 is 0 Å². The molecule has 0 heterocycles. The van der Waals surface area contributed by atoms with Gasteiger partial charge in [0.25, 0.3) is 0 Å². The zero-order valence-corrected chi connectivity index (χ0v) is 43.3. The molecule has 0 N–H and O–H groups in total. The molecule has 5 unspecified atom stereocenters. The molecule has 10 aliphatic rings. The van der Waals surface area contributed by atoms with E-state index in [-0.39, 0.29) is 39.9 Å². The molecule has 0 nitrogen and oxygen atoms in total.